The van der Waals surface area contributed by atoms with Gasteiger partial charge in [-0.05, 0) is 5.92 Å². The highest BCUT2D eigenvalue weighted by Crippen LogP contribution is 2.40. The van der Waals surface area contributed by atoms with Crippen LogP contribution in [0.2, 0.25) is 0 Å². The lowest BCUT2D eigenvalue weighted by atomic mass is 9.75. The fourth-order valence-electron chi connectivity index (χ4n) is 2.35. The van der Waals surface area contributed by atoms with Gasteiger partial charge in [0.15, 0.2) is 0 Å². The molecular formula is C10H16N2O2. The maximum atomic E-state index is 11.5. The number of oxime groups is 1. The normalized spacial score (nSPS) is 40.7. The molecule has 0 saturated carbocycles. The predicted octanol–water partition coefficient (Wildman–Crippen LogP) is 1.13. The van der Waals surface area contributed by atoms with Crippen molar-refractivity contribution in [3.8, 4) is 0 Å². The molecular weight excluding hydrogens is 180 g/mol. The quantitative estimate of drug-likeness (QED) is 0.683. The summed E-state index contributed by atoms with van der Waals surface area (Å²) in [5.74, 6) is 0.798. The Bertz CT molecular complexity index is 288. The van der Waals surface area contributed by atoms with Gasteiger partial charge in [-0.2, -0.15) is 0 Å². The second-order valence-corrected chi connectivity index (χ2v) is 4.55. The Labute approximate surface area is 83.7 Å². The molecule has 2 aliphatic heterocycles. The van der Waals surface area contributed by atoms with Crippen LogP contribution in [-0.4, -0.2) is 17.8 Å². The molecule has 1 N–H and O–H groups in total. The fraction of sp³-hybridized carbons (Fsp3) is 0.800. The number of hydrogen-bond donors (Lipinski definition) is 1. The molecule has 2 heterocycles. The van der Waals surface area contributed by atoms with Crippen LogP contribution in [0, 0.1) is 17.8 Å². The summed E-state index contributed by atoms with van der Waals surface area (Å²) in [4.78, 5) is 16.9. The van der Waals surface area contributed by atoms with Gasteiger partial charge in [0.25, 0.3) is 0 Å². The average molecular weight is 196 g/mol. The van der Waals surface area contributed by atoms with Gasteiger partial charge < -0.3 is 10.2 Å². The molecule has 1 fully saturated rings. The van der Waals surface area contributed by atoms with E-state index < -0.39 is 5.72 Å². The third-order valence-electron chi connectivity index (χ3n) is 3.23. The maximum absolute atomic E-state index is 11.5. The lowest BCUT2D eigenvalue weighted by Crippen LogP contribution is -2.62. The summed E-state index contributed by atoms with van der Waals surface area (Å²) in [7, 11) is 0. The number of carbonyl (C=O) groups excluding carboxylic acids is 1. The van der Waals surface area contributed by atoms with E-state index in [-0.39, 0.29) is 17.7 Å². The third kappa shape index (κ3) is 1.13. The van der Waals surface area contributed by atoms with E-state index in [1.807, 2.05) is 20.1 Å². The molecule has 14 heavy (non-hydrogen) atoms. The number of piperidine rings is 1. The van der Waals surface area contributed by atoms with E-state index in [9.17, 15) is 4.79 Å². The van der Waals surface area contributed by atoms with Crippen LogP contribution in [0.1, 0.15) is 27.2 Å². The van der Waals surface area contributed by atoms with Crippen molar-refractivity contribution < 1.29 is 9.63 Å². The van der Waals surface area contributed by atoms with Crippen molar-refractivity contribution in [1.29, 1.82) is 0 Å². The van der Waals surface area contributed by atoms with Crippen molar-refractivity contribution in [3.63, 3.8) is 0 Å². The molecule has 1 saturated heterocycles. The van der Waals surface area contributed by atoms with E-state index >= 15 is 0 Å². The lowest BCUT2D eigenvalue weighted by molar-refractivity contribution is -0.157. The predicted molar refractivity (Wildman–Crippen MR) is 52.6 cm³/mol. The summed E-state index contributed by atoms with van der Waals surface area (Å²) >= 11 is 0. The SMILES string of the molecule is CC1CC(=O)NC2(C(C)C)ON=CC12. The van der Waals surface area contributed by atoms with E-state index in [0.717, 1.165) is 0 Å². The number of fused-ring (bicyclic) bond motifs is 1. The third-order valence-corrected chi connectivity index (χ3v) is 3.23. The lowest BCUT2D eigenvalue weighted by Gasteiger charge is -2.42. The van der Waals surface area contributed by atoms with Crippen LogP contribution in [0.5, 0.6) is 0 Å². The number of hydrogen-bond acceptors (Lipinski definition) is 3. The van der Waals surface area contributed by atoms with Gasteiger partial charge in [0.2, 0.25) is 11.6 Å². The molecule has 0 aromatic rings. The molecule has 4 nitrogen and oxygen atoms in total. The summed E-state index contributed by atoms with van der Waals surface area (Å²) < 4.78 is 0. The van der Waals surface area contributed by atoms with Crippen LogP contribution < -0.4 is 5.32 Å². The Kier molecular flexibility index (Phi) is 2.01. The molecule has 1 amide bonds. The van der Waals surface area contributed by atoms with Crippen LogP contribution in [-0.2, 0) is 9.63 Å². The minimum atomic E-state index is -0.589. The smallest absolute Gasteiger partial charge is 0.223 e. The topological polar surface area (TPSA) is 50.7 Å². The van der Waals surface area contributed by atoms with E-state index in [1.165, 1.54) is 0 Å². The maximum Gasteiger partial charge on any atom is 0.223 e. The molecule has 4 heteroatoms. The minimum Gasteiger partial charge on any atom is -0.367 e. The van der Waals surface area contributed by atoms with Crippen molar-refractivity contribution in [1.82, 2.24) is 5.32 Å². The highest BCUT2D eigenvalue weighted by atomic mass is 16.7. The minimum absolute atomic E-state index is 0.0629. The van der Waals surface area contributed by atoms with Gasteiger partial charge in [0.1, 0.15) is 0 Å². The van der Waals surface area contributed by atoms with Crippen LogP contribution in [0.3, 0.4) is 0 Å². The summed E-state index contributed by atoms with van der Waals surface area (Å²) in [6.07, 6.45) is 2.39. The Hall–Kier alpha value is -1.06. The van der Waals surface area contributed by atoms with E-state index in [1.54, 1.807) is 0 Å². The second-order valence-electron chi connectivity index (χ2n) is 4.55. The van der Waals surface area contributed by atoms with Gasteiger partial charge in [-0.1, -0.05) is 25.9 Å². The Morgan fingerprint density at radius 2 is 2.43 bits per heavy atom. The van der Waals surface area contributed by atoms with Crippen molar-refractivity contribution in [3.05, 3.63) is 0 Å². The first-order chi connectivity index (χ1) is 6.56. The molecule has 3 unspecified atom stereocenters. The molecule has 2 rings (SSSR count). The Balaban J connectivity index is 2.32. The van der Waals surface area contributed by atoms with Gasteiger partial charge >= 0.3 is 0 Å². The van der Waals surface area contributed by atoms with Crippen molar-refractivity contribution in [2.75, 3.05) is 0 Å². The number of rotatable bonds is 1. The van der Waals surface area contributed by atoms with Gasteiger partial charge in [-0.3, -0.25) is 4.79 Å². The van der Waals surface area contributed by atoms with E-state index in [0.29, 0.717) is 12.3 Å². The molecule has 78 valence electrons. The molecule has 0 radical (unpaired) electrons. The monoisotopic (exact) mass is 196 g/mol. The second kappa shape index (κ2) is 2.97. The van der Waals surface area contributed by atoms with Crippen molar-refractivity contribution >= 4 is 12.1 Å². The first kappa shape index (κ1) is 9.49. The van der Waals surface area contributed by atoms with Gasteiger partial charge in [-0.25, -0.2) is 0 Å². The standard InChI is InChI=1S/C10H16N2O2/c1-6(2)10-8(5-11-14-10)7(3)4-9(13)12-10/h5-8H,4H2,1-3H3,(H,12,13). The van der Waals surface area contributed by atoms with Gasteiger partial charge in [-0.15, -0.1) is 0 Å². The molecule has 0 spiro atoms. The van der Waals surface area contributed by atoms with E-state index in [4.69, 9.17) is 4.84 Å². The van der Waals surface area contributed by atoms with Crippen molar-refractivity contribution in [2.45, 2.75) is 32.9 Å². The molecule has 0 aliphatic carbocycles. The summed E-state index contributed by atoms with van der Waals surface area (Å²) in [5, 5.41) is 6.80. The number of amides is 1. The van der Waals surface area contributed by atoms with Crippen LogP contribution in [0.25, 0.3) is 0 Å². The largest absolute Gasteiger partial charge is 0.367 e. The Morgan fingerprint density at radius 1 is 1.71 bits per heavy atom. The zero-order chi connectivity index (χ0) is 10.3. The van der Waals surface area contributed by atoms with Crippen LogP contribution in [0.4, 0.5) is 0 Å². The molecule has 0 aromatic heterocycles. The summed E-state index contributed by atoms with van der Waals surface area (Å²) in [6, 6.07) is 0. The summed E-state index contributed by atoms with van der Waals surface area (Å²) in [5.41, 5.74) is -0.589. The molecule has 2 aliphatic rings. The molecule has 0 aromatic carbocycles. The number of carbonyl (C=O) groups is 1. The zero-order valence-electron chi connectivity index (χ0n) is 8.78. The van der Waals surface area contributed by atoms with Gasteiger partial charge in [0, 0.05) is 12.3 Å². The zero-order valence-corrected chi connectivity index (χ0v) is 8.78. The number of nitrogens with one attached hydrogen (secondary N) is 1. The first-order valence-corrected chi connectivity index (χ1v) is 5.09. The van der Waals surface area contributed by atoms with Crippen molar-refractivity contribution in [2.24, 2.45) is 22.9 Å². The molecule has 0 bridgehead atoms. The highest BCUT2D eigenvalue weighted by molar-refractivity contribution is 5.81. The van der Waals surface area contributed by atoms with E-state index in [2.05, 4.69) is 17.4 Å². The highest BCUT2D eigenvalue weighted by Gasteiger charge is 2.53. The summed E-state index contributed by atoms with van der Waals surface area (Å²) in [6.45, 7) is 6.15. The van der Waals surface area contributed by atoms with Gasteiger partial charge in [0.05, 0.1) is 12.1 Å². The van der Waals surface area contributed by atoms with Crippen LogP contribution in [0.15, 0.2) is 5.16 Å². The number of nitrogens with zero attached hydrogens (tertiary/aromatic N) is 1. The molecule has 3 atom stereocenters. The average Bonchev–Trinajstić information content (AvgIpc) is 2.48. The van der Waals surface area contributed by atoms with Crippen LogP contribution >= 0.6 is 0 Å². The Morgan fingerprint density at radius 3 is 3.07 bits per heavy atom. The fourth-order valence-corrected chi connectivity index (χ4v) is 2.35. The first-order valence-electron chi connectivity index (χ1n) is 5.09.